The number of amides is 1. The molecule has 2 aromatic carbocycles. The number of alkyl carbamates (subject to hydrolysis) is 1. The first-order valence-corrected chi connectivity index (χ1v) is 10.7. The molecule has 0 fully saturated rings. The van der Waals surface area contributed by atoms with Gasteiger partial charge in [-0.05, 0) is 43.0 Å². The van der Waals surface area contributed by atoms with Crippen molar-refractivity contribution in [2.24, 2.45) is 0 Å². The number of carbonyl (C=O) groups excluding carboxylic acids is 1. The molecule has 33 heavy (non-hydrogen) atoms. The molecule has 0 bridgehead atoms. The summed E-state index contributed by atoms with van der Waals surface area (Å²) in [6, 6.07) is 17.0. The van der Waals surface area contributed by atoms with Crippen LogP contribution in [0.5, 0.6) is 0 Å². The zero-order valence-corrected chi connectivity index (χ0v) is 18.7. The number of aliphatic carboxylic acids is 1. The minimum Gasteiger partial charge on any atom is -0.479 e. The van der Waals surface area contributed by atoms with Gasteiger partial charge in [-0.1, -0.05) is 42.5 Å². The maximum atomic E-state index is 12.0. The number of benzene rings is 2. The van der Waals surface area contributed by atoms with Crippen LogP contribution in [0.4, 0.5) is 4.79 Å². The molecule has 1 aromatic heterocycles. The van der Waals surface area contributed by atoms with E-state index in [1.54, 1.807) is 0 Å². The molecule has 0 saturated carbocycles. The molecule has 2 N–H and O–H groups in total. The van der Waals surface area contributed by atoms with Gasteiger partial charge < -0.3 is 24.3 Å². The van der Waals surface area contributed by atoms with E-state index in [0.717, 1.165) is 28.1 Å². The van der Waals surface area contributed by atoms with Gasteiger partial charge in [-0.25, -0.2) is 14.6 Å². The Morgan fingerprint density at radius 3 is 2.61 bits per heavy atom. The molecule has 8 nitrogen and oxygen atoms in total. The highest BCUT2D eigenvalue weighted by Gasteiger charge is 2.17. The molecule has 1 heterocycles. The third kappa shape index (κ3) is 7.18. The third-order valence-electron chi connectivity index (χ3n) is 5.11. The molecule has 3 rings (SSSR count). The van der Waals surface area contributed by atoms with Crippen LogP contribution < -0.4 is 5.32 Å². The van der Waals surface area contributed by atoms with Crippen LogP contribution in [0.2, 0.25) is 0 Å². The van der Waals surface area contributed by atoms with Crippen molar-refractivity contribution in [1.82, 2.24) is 10.3 Å². The first-order chi connectivity index (χ1) is 16.0. The maximum Gasteiger partial charge on any atom is 0.407 e. The Labute approximate surface area is 192 Å². The lowest BCUT2D eigenvalue weighted by Gasteiger charge is -2.12. The van der Waals surface area contributed by atoms with Crippen LogP contribution in [0.15, 0.2) is 59.0 Å². The molecule has 1 amide bonds. The number of rotatable bonds is 11. The molecule has 0 saturated heterocycles. The molecule has 8 heteroatoms. The number of aromatic nitrogens is 1. The summed E-state index contributed by atoms with van der Waals surface area (Å²) >= 11 is 0. The second-order valence-corrected chi connectivity index (χ2v) is 7.57. The summed E-state index contributed by atoms with van der Waals surface area (Å²) in [4.78, 5) is 27.7. The van der Waals surface area contributed by atoms with Crippen molar-refractivity contribution in [1.29, 1.82) is 0 Å². The van der Waals surface area contributed by atoms with E-state index in [1.807, 2.05) is 61.5 Å². The summed E-state index contributed by atoms with van der Waals surface area (Å²) in [5.41, 5.74) is 3.43. The van der Waals surface area contributed by atoms with Gasteiger partial charge in [0.15, 0.2) is 6.10 Å². The van der Waals surface area contributed by atoms with Gasteiger partial charge in [0.2, 0.25) is 5.89 Å². The lowest BCUT2D eigenvalue weighted by Crippen LogP contribution is -2.25. The predicted molar refractivity (Wildman–Crippen MR) is 122 cm³/mol. The normalized spacial score (nSPS) is 11.7. The lowest BCUT2D eigenvalue weighted by atomic mass is 10.0. The summed E-state index contributed by atoms with van der Waals surface area (Å²) in [7, 11) is 1.37. The van der Waals surface area contributed by atoms with Gasteiger partial charge in [-0.2, -0.15) is 0 Å². The van der Waals surface area contributed by atoms with Gasteiger partial charge in [0.25, 0.3) is 0 Å². The average molecular weight is 453 g/mol. The van der Waals surface area contributed by atoms with E-state index in [1.165, 1.54) is 7.11 Å². The van der Waals surface area contributed by atoms with Gasteiger partial charge in [0, 0.05) is 25.6 Å². The van der Waals surface area contributed by atoms with Crippen molar-refractivity contribution in [2.75, 3.05) is 13.7 Å². The highest BCUT2D eigenvalue weighted by Crippen LogP contribution is 2.22. The molecule has 0 radical (unpaired) electrons. The number of aryl methyl sites for hydroxylation is 2. The quantitative estimate of drug-likeness (QED) is 0.420. The maximum absolute atomic E-state index is 12.0. The van der Waals surface area contributed by atoms with Gasteiger partial charge in [-0.3, -0.25) is 0 Å². The first kappa shape index (κ1) is 24.0. The largest absolute Gasteiger partial charge is 0.479 e. The van der Waals surface area contributed by atoms with Crippen molar-refractivity contribution in [2.45, 2.75) is 38.8 Å². The molecule has 1 atom stereocenters. The van der Waals surface area contributed by atoms with E-state index in [-0.39, 0.29) is 19.6 Å². The fourth-order valence-electron chi connectivity index (χ4n) is 3.35. The van der Waals surface area contributed by atoms with E-state index in [9.17, 15) is 9.59 Å². The highest BCUT2D eigenvalue weighted by molar-refractivity contribution is 5.72. The number of hydrogen-bond donors (Lipinski definition) is 2. The number of oxazole rings is 1. The van der Waals surface area contributed by atoms with E-state index in [4.69, 9.17) is 19.0 Å². The Morgan fingerprint density at radius 1 is 1.12 bits per heavy atom. The smallest absolute Gasteiger partial charge is 0.407 e. The van der Waals surface area contributed by atoms with Crippen LogP contribution in [0.3, 0.4) is 0 Å². The van der Waals surface area contributed by atoms with Crippen LogP contribution in [-0.4, -0.2) is 42.0 Å². The fourth-order valence-corrected chi connectivity index (χ4v) is 3.35. The van der Waals surface area contributed by atoms with E-state index < -0.39 is 18.2 Å². The molecule has 1 unspecified atom stereocenters. The molecule has 0 aliphatic rings. The zero-order chi connectivity index (χ0) is 23.6. The van der Waals surface area contributed by atoms with Crippen molar-refractivity contribution in [3.8, 4) is 11.5 Å². The number of carbonyl (C=O) groups is 2. The van der Waals surface area contributed by atoms with Crippen molar-refractivity contribution >= 4 is 12.1 Å². The van der Waals surface area contributed by atoms with Crippen molar-refractivity contribution in [3.63, 3.8) is 0 Å². The number of nitrogens with zero attached hydrogens (tertiary/aromatic N) is 1. The van der Waals surface area contributed by atoms with Gasteiger partial charge in [0.1, 0.15) is 5.76 Å². The SMILES string of the molecule is COC(Cc1cccc(CNC(=O)OCCCc2nc(-c3ccccc3)oc2C)c1)C(=O)O. The van der Waals surface area contributed by atoms with Gasteiger partial charge in [-0.15, -0.1) is 0 Å². The molecular formula is C25H28N2O6. The topological polar surface area (TPSA) is 111 Å². The Kier molecular flexibility index (Phi) is 8.60. The van der Waals surface area contributed by atoms with Crippen molar-refractivity contribution < 1.29 is 28.6 Å². The van der Waals surface area contributed by atoms with Crippen LogP contribution in [0.1, 0.15) is 29.0 Å². The van der Waals surface area contributed by atoms with E-state index in [0.29, 0.717) is 18.7 Å². The Bertz CT molecular complexity index is 1060. The number of carboxylic acid groups (broad SMARTS) is 1. The van der Waals surface area contributed by atoms with Crippen molar-refractivity contribution in [3.05, 3.63) is 77.2 Å². The molecule has 0 aliphatic heterocycles. The molecule has 174 valence electrons. The number of carboxylic acids is 1. The molecule has 3 aromatic rings. The monoisotopic (exact) mass is 452 g/mol. The number of hydrogen-bond acceptors (Lipinski definition) is 6. The van der Waals surface area contributed by atoms with Crippen LogP contribution in [0, 0.1) is 6.92 Å². The summed E-state index contributed by atoms with van der Waals surface area (Å²) in [5.74, 6) is 0.336. The summed E-state index contributed by atoms with van der Waals surface area (Å²) in [6.45, 7) is 2.41. The average Bonchev–Trinajstić information content (AvgIpc) is 3.20. The number of ether oxygens (including phenoxy) is 2. The van der Waals surface area contributed by atoms with Gasteiger partial charge >= 0.3 is 12.1 Å². The van der Waals surface area contributed by atoms with Gasteiger partial charge in [0.05, 0.1) is 12.3 Å². The third-order valence-corrected chi connectivity index (χ3v) is 5.11. The zero-order valence-electron chi connectivity index (χ0n) is 18.7. The Balaban J connectivity index is 1.40. The second kappa shape index (κ2) is 11.8. The fraction of sp³-hybridized carbons (Fsp3) is 0.320. The second-order valence-electron chi connectivity index (χ2n) is 7.57. The minimum atomic E-state index is -1.01. The van der Waals surface area contributed by atoms with Crippen LogP contribution in [0.25, 0.3) is 11.5 Å². The number of methoxy groups -OCH3 is 1. The van der Waals surface area contributed by atoms with E-state index >= 15 is 0 Å². The number of nitrogens with one attached hydrogen (secondary N) is 1. The minimum absolute atomic E-state index is 0.248. The summed E-state index contributed by atoms with van der Waals surface area (Å²) in [6.07, 6.45) is 0.0927. The predicted octanol–water partition coefficient (Wildman–Crippen LogP) is 4.15. The van der Waals surface area contributed by atoms with Crippen LogP contribution >= 0.6 is 0 Å². The molecular weight excluding hydrogens is 424 g/mol. The Hall–Kier alpha value is -3.65. The van der Waals surface area contributed by atoms with Crippen LogP contribution in [-0.2, 0) is 33.7 Å². The highest BCUT2D eigenvalue weighted by atomic mass is 16.5. The molecule has 0 spiro atoms. The molecule has 0 aliphatic carbocycles. The summed E-state index contributed by atoms with van der Waals surface area (Å²) in [5, 5.41) is 11.8. The first-order valence-electron chi connectivity index (χ1n) is 10.7. The van der Waals surface area contributed by atoms with E-state index in [2.05, 4.69) is 10.3 Å². The Morgan fingerprint density at radius 2 is 1.88 bits per heavy atom. The standard InChI is InChI=1S/C25H28N2O6/c1-17-21(27-23(33-17)20-10-4-3-5-11-20)12-7-13-32-25(30)26-16-19-9-6-8-18(14-19)15-22(31-2)24(28)29/h3-6,8-11,14,22H,7,12-13,15-16H2,1-2H3,(H,26,30)(H,28,29). The summed E-state index contributed by atoms with van der Waals surface area (Å²) < 4.78 is 16.0. The lowest BCUT2D eigenvalue weighted by molar-refractivity contribution is -0.148.